The number of sulfone groups is 1. The van der Waals surface area contributed by atoms with Crippen LogP contribution in [0.3, 0.4) is 0 Å². The average Bonchev–Trinajstić information content (AvgIpc) is 2.41. The van der Waals surface area contributed by atoms with Crippen LogP contribution in [-0.4, -0.2) is 25.3 Å². The van der Waals surface area contributed by atoms with Crippen LogP contribution in [0.4, 0.5) is 0 Å². The Morgan fingerprint density at radius 1 is 1.12 bits per heavy atom. The highest BCUT2D eigenvalue weighted by Crippen LogP contribution is 2.38. The van der Waals surface area contributed by atoms with Crippen LogP contribution >= 0.6 is 15.9 Å². The Labute approximate surface area is 115 Å². The van der Waals surface area contributed by atoms with Crippen LogP contribution in [0, 0.1) is 11.3 Å². The minimum absolute atomic E-state index is 0.00419. The quantitative estimate of drug-likeness (QED) is 0.569. The monoisotopic (exact) mass is 324 g/mol. The second-order valence-electron chi connectivity index (χ2n) is 6.00. The molecular weight excluding hydrogens is 300 g/mol. The Hall–Kier alpha value is 0.430. The first-order valence-electron chi connectivity index (χ1n) is 6.66. The van der Waals surface area contributed by atoms with E-state index >= 15 is 0 Å². The van der Waals surface area contributed by atoms with Gasteiger partial charge in [-0.1, -0.05) is 55.5 Å². The summed E-state index contributed by atoms with van der Waals surface area (Å²) < 4.78 is 24.3. The van der Waals surface area contributed by atoms with Crippen molar-refractivity contribution in [3.8, 4) is 0 Å². The van der Waals surface area contributed by atoms with Gasteiger partial charge in [-0.25, -0.2) is 8.42 Å². The molecule has 1 saturated carbocycles. The Balaban J connectivity index is 2.73. The van der Waals surface area contributed by atoms with Gasteiger partial charge < -0.3 is 0 Å². The number of rotatable bonds is 5. The fourth-order valence-electron chi connectivity index (χ4n) is 2.83. The summed E-state index contributed by atoms with van der Waals surface area (Å²) in [4.78, 5) is 0. The zero-order valence-electron chi connectivity index (χ0n) is 11.0. The molecule has 0 radical (unpaired) electrons. The first-order chi connectivity index (χ1) is 7.89. The van der Waals surface area contributed by atoms with E-state index in [0.29, 0.717) is 11.5 Å². The van der Waals surface area contributed by atoms with E-state index in [9.17, 15) is 8.42 Å². The fourth-order valence-corrected chi connectivity index (χ4v) is 6.31. The molecule has 2 nitrogen and oxygen atoms in total. The lowest BCUT2D eigenvalue weighted by molar-refractivity contribution is 0.327. The van der Waals surface area contributed by atoms with Gasteiger partial charge in [0.05, 0.1) is 11.5 Å². The van der Waals surface area contributed by atoms with Crippen LogP contribution in [0.25, 0.3) is 0 Å². The van der Waals surface area contributed by atoms with E-state index in [-0.39, 0.29) is 11.3 Å². The van der Waals surface area contributed by atoms with Gasteiger partial charge in [0, 0.05) is 5.33 Å². The molecule has 1 rings (SSSR count). The second-order valence-corrected chi connectivity index (χ2v) is 8.67. The molecule has 0 spiro atoms. The third kappa shape index (κ3) is 5.29. The summed E-state index contributed by atoms with van der Waals surface area (Å²) in [5, 5.41) is 0.831. The molecule has 0 bridgehead atoms. The van der Waals surface area contributed by atoms with E-state index in [1.807, 2.05) is 13.8 Å². The summed E-state index contributed by atoms with van der Waals surface area (Å²) in [5.74, 6) is 0.948. The number of halogens is 1. The van der Waals surface area contributed by atoms with Gasteiger partial charge >= 0.3 is 0 Å². The van der Waals surface area contributed by atoms with Crippen molar-refractivity contribution in [2.45, 2.75) is 52.4 Å². The molecule has 0 N–H and O–H groups in total. The van der Waals surface area contributed by atoms with Crippen LogP contribution < -0.4 is 0 Å². The van der Waals surface area contributed by atoms with Crippen molar-refractivity contribution >= 4 is 25.8 Å². The number of hydrogen-bond donors (Lipinski definition) is 0. The summed E-state index contributed by atoms with van der Waals surface area (Å²) in [6, 6.07) is 0. The van der Waals surface area contributed by atoms with Crippen LogP contribution in [0.2, 0.25) is 0 Å². The molecule has 17 heavy (non-hydrogen) atoms. The van der Waals surface area contributed by atoms with Gasteiger partial charge in [-0.2, -0.15) is 0 Å². The highest BCUT2D eigenvalue weighted by atomic mass is 79.9. The molecule has 0 atom stereocenters. The summed E-state index contributed by atoms with van der Waals surface area (Å²) >= 11 is 3.56. The Morgan fingerprint density at radius 3 is 2.06 bits per heavy atom. The maximum Gasteiger partial charge on any atom is 0.151 e. The van der Waals surface area contributed by atoms with Gasteiger partial charge in [-0.05, 0) is 24.2 Å². The third-order valence-electron chi connectivity index (χ3n) is 3.56. The zero-order valence-corrected chi connectivity index (χ0v) is 13.4. The Bertz CT molecular complexity index is 314. The molecule has 1 fully saturated rings. The average molecular weight is 325 g/mol. The van der Waals surface area contributed by atoms with Crippen molar-refractivity contribution in [2.75, 3.05) is 16.8 Å². The van der Waals surface area contributed by atoms with Gasteiger partial charge in [-0.15, -0.1) is 0 Å². The fraction of sp³-hybridized carbons (Fsp3) is 1.00. The predicted molar refractivity (Wildman–Crippen MR) is 77.4 cm³/mol. The normalized spacial score (nSPS) is 21.4. The maximum atomic E-state index is 12.2. The van der Waals surface area contributed by atoms with Gasteiger partial charge in [-0.3, -0.25) is 0 Å². The van der Waals surface area contributed by atoms with Gasteiger partial charge in [0.15, 0.2) is 9.84 Å². The van der Waals surface area contributed by atoms with Crippen LogP contribution in [0.15, 0.2) is 0 Å². The highest BCUT2D eigenvalue weighted by molar-refractivity contribution is 9.09. The molecular formula is C13H25BrO2S. The largest absolute Gasteiger partial charge is 0.229 e. The lowest BCUT2D eigenvalue weighted by Gasteiger charge is -2.30. The maximum absolute atomic E-state index is 12.2. The number of hydrogen-bond acceptors (Lipinski definition) is 2. The second kappa shape index (κ2) is 6.55. The Morgan fingerprint density at radius 2 is 1.65 bits per heavy atom. The lowest BCUT2D eigenvalue weighted by Crippen LogP contribution is -2.33. The van der Waals surface area contributed by atoms with Crippen molar-refractivity contribution in [3.05, 3.63) is 0 Å². The molecule has 1 aliphatic carbocycles. The molecule has 0 amide bonds. The lowest BCUT2D eigenvalue weighted by atomic mass is 9.85. The highest BCUT2D eigenvalue weighted by Gasteiger charge is 2.34. The minimum Gasteiger partial charge on any atom is -0.229 e. The van der Waals surface area contributed by atoms with E-state index in [1.54, 1.807) is 0 Å². The summed E-state index contributed by atoms with van der Waals surface area (Å²) in [7, 11) is -2.90. The predicted octanol–water partition coefficient (Wildman–Crippen LogP) is 3.79. The van der Waals surface area contributed by atoms with E-state index in [2.05, 4.69) is 15.9 Å². The van der Waals surface area contributed by atoms with E-state index in [0.717, 1.165) is 18.2 Å². The molecule has 4 heteroatoms. The molecule has 0 heterocycles. The topological polar surface area (TPSA) is 34.1 Å². The molecule has 0 aliphatic heterocycles. The van der Waals surface area contributed by atoms with E-state index in [4.69, 9.17) is 0 Å². The number of alkyl halides is 1. The van der Waals surface area contributed by atoms with Gasteiger partial charge in [0.25, 0.3) is 0 Å². The molecule has 102 valence electrons. The first-order valence-corrected chi connectivity index (χ1v) is 9.60. The van der Waals surface area contributed by atoms with Crippen LogP contribution in [-0.2, 0) is 9.84 Å². The zero-order chi connectivity index (χ0) is 12.9. The SMILES string of the molecule is CC(C)CS(=O)(=O)CC1(CBr)CCCCCC1. The molecule has 0 aromatic heterocycles. The molecule has 1 aliphatic rings. The van der Waals surface area contributed by atoms with Crippen LogP contribution in [0.1, 0.15) is 52.4 Å². The minimum atomic E-state index is -2.90. The molecule has 0 aromatic rings. The van der Waals surface area contributed by atoms with Crippen LogP contribution in [0.5, 0.6) is 0 Å². The summed E-state index contributed by atoms with van der Waals surface area (Å²) in [6.45, 7) is 3.96. The first kappa shape index (κ1) is 15.5. The smallest absolute Gasteiger partial charge is 0.151 e. The third-order valence-corrected chi connectivity index (χ3v) is 6.98. The van der Waals surface area contributed by atoms with Crippen molar-refractivity contribution in [1.29, 1.82) is 0 Å². The van der Waals surface area contributed by atoms with Crippen molar-refractivity contribution < 1.29 is 8.42 Å². The van der Waals surface area contributed by atoms with E-state index in [1.165, 1.54) is 25.7 Å². The summed E-state index contributed by atoms with van der Waals surface area (Å²) in [6.07, 6.45) is 7.02. The van der Waals surface area contributed by atoms with E-state index < -0.39 is 9.84 Å². The molecule has 0 aromatic carbocycles. The Kier molecular flexibility index (Phi) is 5.97. The van der Waals surface area contributed by atoms with Crippen molar-refractivity contribution in [1.82, 2.24) is 0 Å². The molecule has 0 unspecified atom stereocenters. The van der Waals surface area contributed by atoms with Gasteiger partial charge in [0.2, 0.25) is 0 Å². The van der Waals surface area contributed by atoms with Gasteiger partial charge in [0.1, 0.15) is 0 Å². The van der Waals surface area contributed by atoms with Crippen molar-refractivity contribution in [3.63, 3.8) is 0 Å². The molecule has 0 saturated heterocycles. The summed E-state index contributed by atoms with van der Waals surface area (Å²) in [5.41, 5.74) is 0.00419. The van der Waals surface area contributed by atoms with Crippen molar-refractivity contribution in [2.24, 2.45) is 11.3 Å². The standard InChI is InChI=1S/C13H25BrO2S/c1-12(2)9-17(15,16)11-13(10-14)7-5-3-4-6-8-13/h12H,3-11H2,1-2H3.